The number of nitrogens with zero attached hydrogens (tertiary/aromatic N) is 2. The minimum absolute atomic E-state index is 0.226. The number of hydrogen-bond acceptors (Lipinski definition) is 4. The summed E-state index contributed by atoms with van der Waals surface area (Å²) in [5, 5.41) is 8.09. The van der Waals surface area contributed by atoms with Crippen molar-refractivity contribution < 1.29 is 4.74 Å². The third-order valence-corrected chi connectivity index (χ3v) is 5.32. The molecule has 0 aliphatic carbocycles. The molecule has 2 aliphatic heterocycles. The number of aryl methyl sites for hydroxylation is 1. The molecule has 3 atom stereocenters. The van der Waals surface area contributed by atoms with E-state index < -0.39 is 0 Å². The summed E-state index contributed by atoms with van der Waals surface area (Å²) in [5.74, 6) is 3.17. The van der Waals surface area contributed by atoms with Crippen molar-refractivity contribution in [3.05, 3.63) is 18.0 Å². The van der Waals surface area contributed by atoms with E-state index in [1.54, 1.807) is 0 Å². The maximum absolute atomic E-state index is 5.96. The molecule has 1 aromatic rings. The normalized spacial score (nSPS) is 31.1. The third kappa shape index (κ3) is 2.98. The van der Waals surface area contributed by atoms with Gasteiger partial charge in [-0.3, -0.25) is 4.68 Å². The molecule has 3 heterocycles. The van der Waals surface area contributed by atoms with Crippen molar-refractivity contribution >= 4 is 11.8 Å². The van der Waals surface area contributed by atoms with Gasteiger partial charge in [-0.15, -0.1) is 0 Å². The molecule has 2 aliphatic rings. The standard InChI is InChI=1S/C14H23N3OS/c1-2-17-13(3-6-16-17)14-11(4-7-18-14)9-15-12-5-8-19-10-12/h3,6,11-12,14-15H,2,4-5,7-10H2,1H3/t11-,12?,14+/m0/s1. The zero-order chi connectivity index (χ0) is 13.1. The van der Waals surface area contributed by atoms with Gasteiger partial charge in [0.05, 0.1) is 5.69 Å². The molecule has 3 rings (SSSR count). The molecule has 2 fully saturated rings. The van der Waals surface area contributed by atoms with Gasteiger partial charge in [0.25, 0.3) is 0 Å². The number of thioether (sulfide) groups is 1. The number of hydrogen-bond donors (Lipinski definition) is 1. The molecule has 2 saturated heterocycles. The van der Waals surface area contributed by atoms with Gasteiger partial charge < -0.3 is 10.1 Å². The van der Waals surface area contributed by atoms with Crippen LogP contribution in [0.25, 0.3) is 0 Å². The summed E-state index contributed by atoms with van der Waals surface area (Å²) in [6.45, 7) is 5.01. The van der Waals surface area contributed by atoms with Crippen molar-refractivity contribution in [3.8, 4) is 0 Å². The molecule has 1 aromatic heterocycles. The molecule has 0 radical (unpaired) electrons. The third-order valence-electron chi connectivity index (χ3n) is 4.15. The van der Waals surface area contributed by atoms with Gasteiger partial charge in [0, 0.05) is 43.6 Å². The molecule has 0 amide bonds. The van der Waals surface area contributed by atoms with Crippen molar-refractivity contribution in [3.63, 3.8) is 0 Å². The Balaban J connectivity index is 1.61. The number of nitrogens with one attached hydrogen (secondary N) is 1. The van der Waals surface area contributed by atoms with Gasteiger partial charge in [-0.1, -0.05) is 0 Å². The lowest BCUT2D eigenvalue weighted by Gasteiger charge is -2.21. The number of ether oxygens (including phenoxy) is 1. The van der Waals surface area contributed by atoms with Gasteiger partial charge in [-0.2, -0.15) is 16.9 Å². The summed E-state index contributed by atoms with van der Waals surface area (Å²) in [6, 6.07) is 2.82. The SMILES string of the molecule is CCn1nccc1[C@@H]1OCC[C@H]1CNC1CCSC1. The van der Waals surface area contributed by atoms with Crippen LogP contribution in [-0.2, 0) is 11.3 Å². The average molecular weight is 281 g/mol. The van der Waals surface area contributed by atoms with Gasteiger partial charge in [0.15, 0.2) is 0 Å². The van der Waals surface area contributed by atoms with Crippen LogP contribution in [0.5, 0.6) is 0 Å². The molecular formula is C14H23N3OS. The second-order valence-electron chi connectivity index (χ2n) is 5.38. The van der Waals surface area contributed by atoms with E-state index in [4.69, 9.17) is 4.74 Å². The fraction of sp³-hybridized carbons (Fsp3) is 0.786. The van der Waals surface area contributed by atoms with Crippen LogP contribution in [0, 0.1) is 5.92 Å². The van der Waals surface area contributed by atoms with Crippen molar-refractivity contribution in [2.24, 2.45) is 5.92 Å². The minimum atomic E-state index is 0.226. The fourth-order valence-electron chi connectivity index (χ4n) is 3.03. The second kappa shape index (κ2) is 6.29. The molecule has 0 bridgehead atoms. The maximum Gasteiger partial charge on any atom is 0.103 e. The van der Waals surface area contributed by atoms with E-state index in [-0.39, 0.29) is 6.10 Å². The Labute approximate surface area is 119 Å². The van der Waals surface area contributed by atoms with E-state index in [9.17, 15) is 0 Å². The van der Waals surface area contributed by atoms with Crippen molar-refractivity contribution in [2.45, 2.75) is 38.5 Å². The summed E-state index contributed by atoms with van der Waals surface area (Å²) in [7, 11) is 0. The lowest BCUT2D eigenvalue weighted by molar-refractivity contribution is 0.0825. The first-order chi connectivity index (χ1) is 9.38. The molecule has 106 valence electrons. The lowest BCUT2D eigenvalue weighted by atomic mass is 9.98. The van der Waals surface area contributed by atoms with Crippen molar-refractivity contribution in [1.82, 2.24) is 15.1 Å². The smallest absolute Gasteiger partial charge is 0.103 e. The first kappa shape index (κ1) is 13.5. The molecule has 1 unspecified atom stereocenters. The maximum atomic E-state index is 5.96. The Morgan fingerprint density at radius 2 is 2.47 bits per heavy atom. The van der Waals surface area contributed by atoms with E-state index in [1.165, 1.54) is 23.6 Å². The van der Waals surface area contributed by atoms with E-state index in [1.807, 2.05) is 6.20 Å². The zero-order valence-electron chi connectivity index (χ0n) is 11.5. The Kier molecular flexibility index (Phi) is 4.45. The molecule has 0 saturated carbocycles. The predicted octanol–water partition coefficient (Wildman–Crippen LogP) is 2.08. The summed E-state index contributed by atoms with van der Waals surface area (Å²) in [5.41, 5.74) is 1.24. The first-order valence-corrected chi connectivity index (χ1v) is 8.48. The van der Waals surface area contributed by atoms with Crippen molar-refractivity contribution in [1.29, 1.82) is 0 Å². The quantitative estimate of drug-likeness (QED) is 0.897. The van der Waals surface area contributed by atoms with Gasteiger partial charge >= 0.3 is 0 Å². The van der Waals surface area contributed by atoms with Crippen LogP contribution in [0.1, 0.15) is 31.6 Å². The average Bonchev–Trinajstić information content (AvgIpc) is 3.16. The fourth-order valence-corrected chi connectivity index (χ4v) is 4.22. The summed E-state index contributed by atoms with van der Waals surface area (Å²) >= 11 is 2.06. The highest BCUT2D eigenvalue weighted by Gasteiger charge is 2.32. The van der Waals surface area contributed by atoms with Gasteiger partial charge in [0.2, 0.25) is 0 Å². The molecule has 0 aromatic carbocycles. The van der Waals surface area contributed by atoms with Crippen LogP contribution in [-0.4, -0.2) is 40.5 Å². The Bertz CT molecular complexity index is 403. The van der Waals surface area contributed by atoms with Gasteiger partial charge in [0.1, 0.15) is 6.10 Å². The summed E-state index contributed by atoms with van der Waals surface area (Å²) in [6.07, 6.45) is 4.59. The van der Waals surface area contributed by atoms with E-state index in [0.717, 1.165) is 26.1 Å². The van der Waals surface area contributed by atoms with Crippen LogP contribution in [0.3, 0.4) is 0 Å². The van der Waals surface area contributed by atoms with Crippen molar-refractivity contribution in [2.75, 3.05) is 24.7 Å². The highest BCUT2D eigenvalue weighted by atomic mass is 32.2. The molecule has 0 spiro atoms. The molecular weight excluding hydrogens is 258 g/mol. The zero-order valence-corrected chi connectivity index (χ0v) is 12.4. The molecule has 4 nitrogen and oxygen atoms in total. The predicted molar refractivity (Wildman–Crippen MR) is 78.4 cm³/mol. The van der Waals surface area contributed by atoms with Crippen LogP contribution in [0.15, 0.2) is 12.3 Å². The van der Waals surface area contributed by atoms with E-state index in [2.05, 4.69) is 39.8 Å². The Hall–Kier alpha value is -0.520. The second-order valence-corrected chi connectivity index (χ2v) is 6.53. The summed E-state index contributed by atoms with van der Waals surface area (Å²) < 4.78 is 8.03. The van der Waals surface area contributed by atoms with E-state index in [0.29, 0.717) is 12.0 Å². The van der Waals surface area contributed by atoms with Crippen LogP contribution in [0.4, 0.5) is 0 Å². The Morgan fingerprint density at radius 1 is 1.53 bits per heavy atom. The largest absolute Gasteiger partial charge is 0.372 e. The molecule has 5 heteroatoms. The highest BCUT2D eigenvalue weighted by molar-refractivity contribution is 7.99. The van der Waals surface area contributed by atoms with Crippen LogP contribution >= 0.6 is 11.8 Å². The lowest BCUT2D eigenvalue weighted by Crippen LogP contribution is -2.34. The van der Waals surface area contributed by atoms with Gasteiger partial charge in [-0.25, -0.2) is 0 Å². The minimum Gasteiger partial charge on any atom is -0.372 e. The van der Waals surface area contributed by atoms with Gasteiger partial charge in [-0.05, 0) is 31.6 Å². The molecule has 1 N–H and O–H groups in total. The highest BCUT2D eigenvalue weighted by Crippen LogP contribution is 2.34. The first-order valence-electron chi connectivity index (χ1n) is 7.33. The number of rotatable bonds is 5. The van der Waals surface area contributed by atoms with E-state index >= 15 is 0 Å². The van der Waals surface area contributed by atoms with Crippen LogP contribution in [0.2, 0.25) is 0 Å². The number of aromatic nitrogens is 2. The summed E-state index contributed by atoms with van der Waals surface area (Å²) in [4.78, 5) is 0. The van der Waals surface area contributed by atoms with Crippen LogP contribution < -0.4 is 5.32 Å². The monoisotopic (exact) mass is 281 g/mol. The topological polar surface area (TPSA) is 39.1 Å². The molecule has 19 heavy (non-hydrogen) atoms. The Morgan fingerprint density at radius 3 is 3.26 bits per heavy atom.